The summed E-state index contributed by atoms with van der Waals surface area (Å²) in [6, 6.07) is 20.4. The molecule has 0 radical (unpaired) electrons. The van der Waals surface area contributed by atoms with Gasteiger partial charge in [-0.3, -0.25) is 0 Å². The highest BCUT2D eigenvalue weighted by Gasteiger charge is 2.35. The molecule has 12 heterocycles. The molecular formula is C90H123ClN24O14S4. The van der Waals surface area contributed by atoms with Crippen LogP contribution >= 0.6 is 11.6 Å². The number of likely N-dealkylation sites (tertiary alicyclic amines) is 1. The lowest BCUT2D eigenvalue weighted by Gasteiger charge is -2.39. The predicted molar refractivity (Wildman–Crippen MR) is 523 cm³/mol. The number of aryl methyl sites for hydroxylation is 3. The highest BCUT2D eigenvalue weighted by molar-refractivity contribution is 7.91. The second-order valence-electron chi connectivity index (χ2n) is 33.3. The fourth-order valence-electron chi connectivity index (χ4n) is 15.6. The average Bonchev–Trinajstić information content (AvgIpc) is 1.68. The first-order valence-electron chi connectivity index (χ1n) is 44.8. The van der Waals surface area contributed by atoms with Crippen LogP contribution in [0, 0.1) is 20.8 Å². The van der Waals surface area contributed by atoms with Gasteiger partial charge in [0.05, 0.1) is 124 Å². The Morgan fingerprint density at radius 1 is 0.391 bits per heavy atom. The molecule has 12 N–H and O–H groups in total. The van der Waals surface area contributed by atoms with E-state index < -0.39 is 39.9 Å². The molecule has 0 saturated carbocycles. The summed E-state index contributed by atoms with van der Waals surface area (Å²) in [5.74, 6) is 5.85. The fourth-order valence-corrected chi connectivity index (χ4v) is 20.8. The van der Waals surface area contributed by atoms with Crippen molar-refractivity contribution in [1.82, 2.24) is 77.6 Å². The Balaban J connectivity index is 0.000000152. The first kappa shape index (κ1) is 99.3. The molecule has 0 unspecified atom stereocenters. The number of morpholine rings is 2. The quantitative estimate of drug-likeness (QED) is 0.0186. The van der Waals surface area contributed by atoms with Crippen LogP contribution in [0.2, 0.25) is 5.02 Å². The van der Waals surface area contributed by atoms with Gasteiger partial charge >= 0.3 is 0 Å². The number of fused-ring (bicyclic) bond motifs is 4. The number of hydrogen-bond acceptors (Lipinski definition) is 31. The minimum atomic E-state index is -3.64. The molecule has 4 atom stereocenters. The predicted octanol–water partition coefficient (Wildman–Crippen LogP) is 15.3. The third kappa shape index (κ3) is 23.6. The molecule has 4 aromatic carbocycles. The number of ether oxygens (including phenoxy) is 6. The molecule has 718 valence electrons. The summed E-state index contributed by atoms with van der Waals surface area (Å²) in [5, 5.41) is 30.5. The van der Waals surface area contributed by atoms with Crippen molar-refractivity contribution in [3.63, 3.8) is 0 Å². The van der Waals surface area contributed by atoms with E-state index in [1.807, 2.05) is 39.4 Å². The Kier molecular flexibility index (Phi) is 32.8. The number of nitrogens with zero attached hydrogens (tertiary/aromatic N) is 12. The summed E-state index contributed by atoms with van der Waals surface area (Å²) in [7, 11) is -8.23. The Labute approximate surface area is 782 Å². The second-order valence-corrected chi connectivity index (χ2v) is 41.6. The third-order valence-electron chi connectivity index (χ3n) is 23.9. The van der Waals surface area contributed by atoms with Gasteiger partial charge in [0.15, 0.2) is 9.84 Å². The Hall–Kier alpha value is -11.2. The molecule has 4 aliphatic rings. The number of sulfone groups is 1. The molecule has 4 saturated heterocycles. The highest BCUT2D eigenvalue weighted by atomic mass is 35.5. The van der Waals surface area contributed by atoms with Crippen LogP contribution in [0.1, 0.15) is 130 Å². The minimum Gasteiger partial charge on any atom is -0.495 e. The van der Waals surface area contributed by atoms with E-state index in [1.165, 1.54) is 80.6 Å². The lowest BCUT2D eigenvalue weighted by Crippen LogP contribution is -2.48. The lowest BCUT2D eigenvalue weighted by molar-refractivity contribution is 0.0730. The molecule has 0 spiro atoms. The number of sulfonamides is 3. The summed E-state index contributed by atoms with van der Waals surface area (Å²) >= 11 is 6.38. The number of halogens is 1. The van der Waals surface area contributed by atoms with Crippen molar-refractivity contribution >= 4 is 165 Å². The number of nitrogens with one attached hydrogen (secondary N) is 12. The first-order chi connectivity index (χ1) is 63.7. The summed E-state index contributed by atoms with van der Waals surface area (Å²) in [6.07, 6.45) is 17.8. The molecule has 38 nitrogen and oxygen atoms in total. The maximum atomic E-state index is 13.5. The van der Waals surface area contributed by atoms with Gasteiger partial charge in [0.25, 0.3) is 0 Å². The van der Waals surface area contributed by atoms with E-state index in [-0.39, 0.29) is 43.7 Å². The van der Waals surface area contributed by atoms with Crippen LogP contribution in [-0.4, -0.2) is 255 Å². The zero-order chi connectivity index (χ0) is 95.2. The van der Waals surface area contributed by atoms with Crippen LogP contribution in [-0.2, 0) is 49.4 Å². The molecule has 0 amide bonds. The molecule has 8 aromatic heterocycles. The number of H-pyrrole nitrogens is 4. The molecule has 0 bridgehead atoms. The Bertz CT molecular complexity index is 6340. The number of anilines is 12. The fraction of sp³-hybridized carbons (Fsp3) is 0.467. The van der Waals surface area contributed by atoms with Crippen LogP contribution in [0.4, 0.5) is 69.8 Å². The highest BCUT2D eigenvalue weighted by Crippen LogP contribution is 2.40. The van der Waals surface area contributed by atoms with Crippen molar-refractivity contribution in [3.8, 4) is 23.0 Å². The van der Waals surface area contributed by atoms with E-state index in [0.29, 0.717) is 175 Å². The van der Waals surface area contributed by atoms with Gasteiger partial charge < -0.3 is 95.8 Å². The zero-order valence-corrected chi connectivity index (χ0v) is 82.1. The van der Waals surface area contributed by atoms with Crippen LogP contribution in [0.5, 0.6) is 23.0 Å². The normalized spacial score (nSPS) is 16.1. The second kappa shape index (κ2) is 43.9. The summed E-state index contributed by atoms with van der Waals surface area (Å²) in [5.41, 5.74) is 8.16. The lowest BCUT2D eigenvalue weighted by atomic mass is 10.0. The smallest absolute Gasteiger partial charge is 0.243 e. The number of hydrogen-bond donors (Lipinski definition) is 12. The SMILES string of the molecule is CC[C@@H](C)Nc1nc(Nc2ccc(S(=O)(=O)N3CCC(N4CCCCC4)CC3)cc2OC)nc2[nH]cc(Cl)c12.CC[C@@H](C)Nc1nc(Nc2ccc(S(=O)(=O)N3CCOCC3)cc2OC)nc2[nH]cc(C)c12.CC[C@@H](C)Nc1nc(Nc2ccc(S(C)(=O)=O)cc2OC)nc2[nH]cc(C)c12.CC[C@H](C)Nc1nc(Nc2ccc(S(=O)(=O)N3CCOCC3)cc2OC)nc2[nH]cc(C)c12. The maximum Gasteiger partial charge on any atom is 0.243 e. The monoisotopic (exact) mass is 1930 g/mol. The van der Waals surface area contributed by atoms with E-state index in [2.05, 4.69) is 163 Å². The first-order valence-corrected chi connectivity index (χ1v) is 51.4. The van der Waals surface area contributed by atoms with E-state index in [0.717, 1.165) is 114 Å². The summed E-state index contributed by atoms with van der Waals surface area (Å²) < 4.78 is 140. The Morgan fingerprint density at radius 3 is 0.970 bits per heavy atom. The Morgan fingerprint density at radius 2 is 0.669 bits per heavy atom. The van der Waals surface area contributed by atoms with E-state index in [9.17, 15) is 33.7 Å². The van der Waals surface area contributed by atoms with Gasteiger partial charge in [0.1, 0.15) is 68.9 Å². The van der Waals surface area contributed by atoms with Crippen molar-refractivity contribution in [2.24, 2.45) is 0 Å². The van der Waals surface area contributed by atoms with Crippen molar-refractivity contribution in [3.05, 3.63) is 119 Å². The third-order valence-corrected chi connectivity index (χ3v) is 31.0. The van der Waals surface area contributed by atoms with Crippen molar-refractivity contribution < 1.29 is 62.1 Å². The topological polar surface area (TPSA) is 467 Å². The van der Waals surface area contributed by atoms with Crippen LogP contribution < -0.4 is 61.5 Å². The van der Waals surface area contributed by atoms with Gasteiger partial charge in [0.2, 0.25) is 53.9 Å². The number of methoxy groups -OCH3 is 4. The van der Waals surface area contributed by atoms with Gasteiger partial charge in [-0.25, -0.2) is 33.7 Å². The van der Waals surface area contributed by atoms with Crippen LogP contribution in [0.3, 0.4) is 0 Å². The molecule has 4 aliphatic heterocycles. The van der Waals surface area contributed by atoms with Crippen molar-refractivity contribution in [2.45, 2.75) is 184 Å². The van der Waals surface area contributed by atoms with Gasteiger partial charge in [-0.1, -0.05) is 45.7 Å². The van der Waals surface area contributed by atoms with E-state index >= 15 is 0 Å². The van der Waals surface area contributed by atoms with Gasteiger partial charge in [-0.2, -0.15) is 52.8 Å². The van der Waals surface area contributed by atoms with Gasteiger partial charge in [-0.05, 0) is 178 Å². The molecule has 0 aliphatic carbocycles. The van der Waals surface area contributed by atoms with E-state index in [4.69, 9.17) is 40.0 Å². The van der Waals surface area contributed by atoms with Gasteiger partial charge in [0, 0.05) is 125 Å². The molecule has 133 heavy (non-hydrogen) atoms. The average molecular weight is 1930 g/mol. The minimum absolute atomic E-state index is 0.169. The maximum absolute atomic E-state index is 13.5. The number of rotatable bonds is 32. The van der Waals surface area contributed by atoms with Crippen molar-refractivity contribution in [1.29, 1.82) is 0 Å². The van der Waals surface area contributed by atoms with Crippen LogP contribution in [0.25, 0.3) is 44.1 Å². The molecule has 4 fully saturated rings. The standard InChI is InChI=1S/C27H38ClN7O3S.2C22H30N6O4S.C19H25N5O3S/c1-4-18(2)30-26-24-21(28)17-29-25(24)32-27(33-26)31-22-9-8-20(16-23(22)38-3)39(36,37)35-14-10-19(11-15-35)34-12-6-5-7-13-34;2*1-5-15(3)24-21-19-14(2)13-23-20(19)26-22(27-21)25-17-7-6-16(12-18(17)31-4)33(29,30)28-8-10-32-11-9-28;1-6-12(3)21-18-16-11(2)10-20-17(16)23-19(24-18)22-14-8-7-13(28(5,25)26)9-15(14)27-4/h8-9,16-19H,4-7,10-15H2,1-3H3,(H3,29,30,31,32,33);2*6-7,12-13,15H,5,8-11H2,1-4H3,(H3,23,24,25,26,27);7-10,12H,6H2,1-5H3,(H3,20,21,22,23,24)/t18-;2*15-;12-/m1101/s1. The number of benzene rings is 4. The zero-order valence-electron chi connectivity index (χ0n) is 78.1. The molecule has 43 heteroatoms. The molecule has 12 aromatic rings. The number of piperidine rings is 2. The van der Waals surface area contributed by atoms with E-state index in [1.54, 1.807) is 59.0 Å². The number of aromatic amines is 4. The molecular weight excluding hydrogens is 1800 g/mol. The number of aromatic nitrogens is 12. The summed E-state index contributed by atoms with van der Waals surface area (Å²) in [6.45, 7) is 29.0. The van der Waals surface area contributed by atoms with Gasteiger partial charge in [-0.15, -0.1) is 0 Å². The summed E-state index contributed by atoms with van der Waals surface area (Å²) in [4.78, 5) is 52.8. The largest absolute Gasteiger partial charge is 0.495 e. The van der Waals surface area contributed by atoms with Crippen molar-refractivity contribution in [2.75, 3.05) is 156 Å². The molecule has 16 rings (SSSR count). The van der Waals surface area contributed by atoms with Crippen LogP contribution in [0.15, 0.2) is 117 Å².